The molecule has 5 nitrogen and oxygen atoms in total. The van der Waals surface area contributed by atoms with Crippen LogP contribution in [0.4, 0.5) is 11.5 Å². The van der Waals surface area contributed by atoms with Gasteiger partial charge in [0, 0.05) is 23.0 Å². The average Bonchev–Trinajstić information content (AvgIpc) is 2.77. The van der Waals surface area contributed by atoms with Crippen LogP contribution in [0.25, 0.3) is 0 Å². The van der Waals surface area contributed by atoms with Crippen LogP contribution in [0.1, 0.15) is 23.0 Å². The maximum atomic E-state index is 11.8. The molecule has 0 saturated carbocycles. The van der Waals surface area contributed by atoms with Gasteiger partial charge in [-0.15, -0.1) is 0 Å². The van der Waals surface area contributed by atoms with Gasteiger partial charge in [-0.3, -0.25) is 9.89 Å². The Morgan fingerprint density at radius 2 is 2.29 bits per heavy atom. The standard InChI is InChI=1S/C12H14N4O/c1-2-10-7-11(16-15-10)14-12(17)8-4-3-5-9(13)6-8/h3-7H,2,13H2,1H3,(H2,14,15,16,17). The van der Waals surface area contributed by atoms with Crippen LogP contribution in [0, 0.1) is 0 Å². The second kappa shape index (κ2) is 4.69. The van der Waals surface area contributed by atoms with E-state index < -0.39 is 0 Å². The number of H-pyrrole nitrogens is 1. The van der Waals surface area contributed by atoms with Crippen molar-refractivity contribution in [2.75, 3.05) is 11.1 Å². The Morgan fingerprint density at radius 1 is 1.47 bits per heavy atom. The maximum Gasteiger partial charge on any atom is 0.256 e. The molecule has 0 aliphatic heterocycles. The number of carbonyl (C=O) groups is 1. The molecule has 0 radical (unpaired) electrons. The summed E-state index contributed by atoms with van der Waals surface area (Å²) in [6, 6.07) is 8.62. The van der Waals surface area contributed by atoms with E-state index >= 15 is 0 Å². The normalized spacial score (nSPS) is 10.2. The molecule has 88 valence electrons. The number of anilines is 2. The first-order valence-corrected chi connectivity index (χ1v) is 5.40. The zero-order chi connectivity index (χ0) is 12.3. The summed E-state index contributed by atoms with van der Waals surface area (Å²) in [6.07, 6.45) is 0.848. The van der Waals surface area contributed by atoms with Gasteiger partial charge in [0.25, 0.3) is 5.91 Å². The van der Waals surface area contributed by atoms with Crippen molar-refractivity contribution in [3.63, 3.8) is 0 Å². The van der Waals surface area contributed by atoms with E-state index in [-0.39, 0.29) is 5.91 Å². The van der Waals surface area contributed by atoms with E-state index in [2.05, 4.69) is 15.5 Å². The number of hydrogen-bond acceptors (Lipinski definition) is 3. The molecule has 0 atom stereocenters. The molecular weight excluding hydrogens is 216 g/mol. The van der Waals surface area contributed by atoms with E-state index in [9.17, 15) is 4.79 Å². The molecule has 1 aromatic heterocycles. The van der Waals surface area contributed by atoms with Crippen LogP contribution >= 0.6 is 0 Å². The molecule has 0 aliphatic carbocycles. The minimum absolute atomic E-state index is 0.216. The third-order valence-corrected chi connectivity index (χ3v) is 2.40. The highest BCUT2D eigenvalue weighted by molar-refractivity contribution is 6.04. The van der Waals surface area contributed by atoms with Gasteiger partial charge in [0.1, 0.15) is 0 Å². The van der Waals surface area contributed by atoms with Crippen LogP contribution in [0.2, 0.25) is 0 Å². The predicted octanol–water partition coefficient (Wildman–Crippen LogP) is 1.81. The van der Waals surface area contributed by atoms with Crippen LogP contribution in [0.5, 0.6) is 0 Å². The molecule has 1 amide bonds. The minimum atomic E-state index is -0.216. The van der Waals surface area contributed by atoms with E-state index in [0.717, 1.165) is 12.1 Å². The molecule has 4 N–H and O–H groups in total. The van der Waals surface area contributed by atoms with Gasteiger partial charge in [0.15, 0.2) is 5.82 Å². The lowest BCUT2D eigenvalue weighted by Crippen LogP contribution is -2.12. The predicted molar refractivity (Wildman–Crippen MR) is 66.8 cm³/mol. The lowest BCUT2D eigenvalue weighted by molar-refractivity contribution is 0.102. The number of hydrogen-bond donors (Lipinski definition) is 3. The third-order valence-electron chi connectivity index (χ3n) is 2.40. The zero-order valence-corrected chi connectivity index (χ0v) is 9.53. The number of amides is 1. The third kappa shape index (κ3) is 2.63. The monoisotopic (exact) mass is 230 g/mol. The van der Waals surface area contributed by atoms with E-state index in [0.29, 0.717) is 17.1 Å². The average molecular weight is 230 g/mol. The van der Waals surface area contributed by atoms with E-state index in [1.165, 1.54) is 0 Å². The number of nitrogens with zero attached hydrogens (tertiary/aromatic N) is 1. The first-order valence-electron chi connectivity index (χ1n) is 5.40. The molecule has 0 bridgehead atoms. The number of carbonyl (C=O) groups excluding carboxylic acids is 1. The van der Waals surface area contributed by atoms with Crippen LogP contribution in [0.3, 0.4) is 0 Å². The molecule has 1 heterocycles. The maximum absolute atomic E-state index is 11.8. The van der Waals surface area contributed by atoms with Crippen molar-refractivity contribution in [2.45, 2.75) is 13.3 Å². The number of aromatic amines is 1. The van der Waals surface area contributed by atoms with Crippen LogP contribution in [-0.2, 0) is 6.42 Å². The summed E-state index contributed by atoms with van der Waals surface area (Å²) in [5, 5.41) is 9.52. The Kier molecular flexibility index (Phi) is 3.09. The van der Waals surface area contributed by atoms with E-state index in [1.807, 2.05) is 13.0 Å². The fourth-order valence-corrected chi connectivity index (χ4v) is 1.48. The summed E-state index contributed by atoms with van der Waals surface area (Å²) >= 11 is 0. The van der Waals surface area contributed by atoms with Gasteiger partial charge in [-0.1, -0.05) is 13.0 Å². The summed E-state index contributed by atoms with van der Waals surface area (Å²) in [5.41, 5.74) is 7.68. The summed E-state index contributed by atoms with van der Waals surface area (Å²) in [6.45, 7) is 2.01. The zero-order valence-electron chi connectivity index (χ0n) is 9.53. The lowest BCUT2D eigenvalue weighted by Gasteiger charge is -2.02. The Hall–Kier alpha value is -2.30. The molecule has 0 saturated heterocycles. The van der Waals surface area contributed by atoms with Gasteiger partial charge in [-0.25, -0.2) is 0 Å². The highest BCUT2D eigenvalue weighted by Gasteiger charge is 2.08. The lowest BCUT2D eigenvalue weighted by atomic mass is 10.2. The Balaban J connectivity index is 2.11. The van der Waals surface area contributed by atoms with Gasteiger partial charge in [-0.05, 0) is 24.6 Å². The number of benzene rings is 1. The summed E-state index contributed by atoms with van der Waals surface area (Å²) in [4.78, 5) is 11.8. The van der Waals surface area contributed by atoms with Gasteiger partial charge in [0.2, 0.25) is 0 Å². The Morgan fingerprint density at radius 3 is 2.94 bits per heavy atom. The molecule has 0 aliphatic rings. The van der Waals surface area contributed by atoms with Crippen molar-refractivity contribution in [1.82, 2.24) is 10.2 Å². The first kappa shape index (κ1) is 11.2. The summed E-state index contributed by atoms with van der Waals surface area (Å²) in [5.74, 6) is 0.306. The molecule has 2 rings (SSSR count). The fraction of sp³-hybridized carbons (Fsp3) is 0.167. The number of nitrogens with two attached hydrogens (primary N) is 1. The van der Waals surface area contributed by atoms with E-state index in [4.69, 9.17) is 5.73 Å². The van der Waals surface area contributed by atoms with Crippen LogP contribution in [-0.4, -0.2) is 16.1 Å². The Bertz CT molecular complexity index is 533. The number of aryl methyl sites for hydroxylation is 1. The fourth-order valence-electron chi connectivity index (χ4n) is 1.48. The van der Waals surface area contributed by atoms with Crippen molar-refractivity contribution in [3.05, 3.63) is 41.6 Å². The Labute approximate surface area is 99.0 Å². The molecule has 5 heteroatoms. The highest BCUT2D eigenvalue weighted by Crippen LogP contribution is 2.10. The second-order valence-electron chi connectivity index (χ2n) is 3.71. The number of nitrogen functional groups attached to an aromatic ring is 1. The largest absolute Gasteiger partial charge is 0.399 e. The first-order chi connectivity index (χ1) is 8.19. The summed E-state index contributed by atoms with van der Waals surface area (Å²) < 4.78 is 0. The second-order valence-corrected chi connectivity index (χ2v) is 3.71. The topological polar surface area (TPSA) is 83.8 Å². The molecule has 0 unspecified atom stereocenters. The minimum Gasteiger partial charge on any atom is -0.399 e. The van der Waals surface area contributed by atoms with Gasteiger partial charge >= 0.3 is 0 Å². The van der Waals surface area contributed by atoms with Crippen molar-refractivity contribution in [1.29, 1.82) is 0 Å². The molecule has 0 fully saturated rings. The van der Waals surface area contributed by atoms with Crippen LogP contribution in [0.15, 0.2) is 30.3 Å². The number of nitrogens with one attached hydrogen (secondary N) is 2. The SMILES string of the molecule is CCc1cc(NC(=O)c2cccc(N)c2)n[nH]1. The van der Waals surface area contributed by atoms with Crippen molar-refractivity contribution >= 4 is 17.4 Å². The molecule has 17 heavy (non-hydrogen) atoms. The smallest absolute Gasteiger partial charge is 0.256 e. The summed E-state index contributed by atoms with van der Waals surface area (Å²) in [7, 11) is 0. The number of rotatable bonds is 3. The van der Waals surface area contributed by atoms with Gasteiger partial charge in [-0.2, -0.15) is 5.10 Å². The molecule has 0 spiro atoms. The molecule has 2 aromatic rings. The number of aromatic nitrogens is 2. The van der Waals surface area contributed by atoms with Gasteiger partial charge < -0.3 is 11.1 Å². The van der Waals surface area contributed by atoms with Crippen molar-refractivity contribution < 1.29 is 4.79 Å². The molecular formula is C12H14N4O. The van der Waals surface area contributed by atoms with Crippen LogP contribution < -0.4 is 11.1 Å². The van der Waals surface area contributed by atoms with Gasteiger partial charge in [0.05, 0.1) is 0 Å². The molecule has 1 aromatic carbocycles. The van der Waals surface area contributed by atoms with Crippen molar-refractivity contribution in [3.8, 4) is 0 Å². The highest BCUT2D eigenvalue weighted by atomic mass is 16.1. The van der Waals surface area contributed by atoms with E-state index in [1.54, 1.807) is 24.3 Å². The quantitative estimate of drug-likeness (QED) is 0.703. The van der Waals surface area contributed by atoms with Crippen molar-refractivity contribution in [2.24, 2.45) is 0 Å².